The lowest BCUT2D eigenvalue weighted by Crippen LogP contribution is -2.28. The van der Waals surface area contributed by atoms with Crippen LogP contribution >= 0.6 is 0 Å². The zero-order valence-electron chi connectivity index (χ0n) is 33.8. The van der Waals surface area contributed by atoms with Crippen LogP contribution in [-0.2, 0) is 16.2 Å². The maximum atomic E-state index is 5.66. The average Bonchev–Trinajstić information content (AvgIpc) is 3.78. The van der Waals surface area contributed by atoms with Crippen molar-refractivity contribution in [3.63, 3.8) is 0 Å². The molecule has 3 nitrogen and oxygen atoms in total. The molecule has 6 aromatic carbocycles. The van der Waals surface area contributed by atoms with Crippen LogP contribution < -0.4 is 4.74 Å². The van der Waals surface area contributed by atoms with E-state index < -0.39 is 5.41 Å². The number of hydrogen-bond acceptors (Lipinski definition) is 3. The minimum atomic E-state index is -0.648. The fraction of sp³-hybridized carbons (Fsp3) is 0.164. The van der Waals surface area contributed by atoms with E-state index in [0.29, 0.717) is 0 Å². The van der Waals surface area contributed by atoms with E-state index in [1.54, 1.807) is 7.11 Å². The highest BCUT2D eigenvalue weighted by Crippen LogP contribution is 2.57. The zero-order valence-corrected chi connectivity index (χ0v) is 33.8. The smallest absolute Gasteiger partial charge is 0.118 e. The van der Waals surface area contributed by atoms with E-state index in [0.717, 1.165) is 56.3 Å². The quantitative estimate of drug-likeness (QED) is 0.176. The predicted molar refractivity (Wildman–Crippen MR) is 237 cm³/mol. The van der Waals surface area contributed by atoms with E-state index in [2.05, 4.69) is 192 Å². The number of benzene rings is 6. The summed E-state index contributed by atoms with van der Waals surface area (Å²) in [5, 5.41) is 0. The van der Waals surface area contributed by atoms with Crippen LogP contribution in [0.15, 0.2) is 158 Å². The second-order valence-corrected chi connectivity index (χ2v) is 17.4. The number of aromatic nitrogens is 2. The number of fused-ring (bicyclic) bond motifs is 9. The number of methoxy groups -OCH3 is 1. The van der Waals surface area contributed by atoms with Gasteiger partial charge in [0.15, 0.2) is 0 Å². The fourth-order valence-electron chi connectivity index (χ4n) is 10.5. The maximum absolute atomic E-state index is 5.66. The summed E-state index contributed by atoms with van der Waals surface area (Å²) in [6.45, 7) is 11.5. The van der Waals surface area contributed by atoms with E-state index in [4.69, 9.17) is 14.7 Å². The van der Waals surface area contributed by atoms with Crippen molar-refractivity contribution in [3.05, 3.63) is 208 Å². The van der Waals surface area contributed by atoms with Crippen LogP contribution in [0.1, 0.15) is 77.8 Å². The summed E-state index contributed by atoms with van der Waals surface area (Å²) in [5.41, 5.74) is 21.6. The number of hydrogen-bond donors (Lipinski definition) is 0. The third kappa shape index (κ3) is 4.68. The molecule has 0 atom stereocenters. The SMILES string of the molecule is COc1ccc(C2(c3ccc(C)cc3)c3ccc(-c4ccc5c(c4)C(C)(C)c4ccccc4-5)nc3-c3nc(-c4ccc5c(c4)C(C)(C)c4ccccc4-5)ccc32)cc1. The Morgan fingerprint density at radius 1 is 0.414 bits per heavy atom. The second-order valence-electron chi connectivity index (χ2n) is 17.4. The fourth-order valence-corrected chi connectivity index (χ4v) is 10.5. The van der Waals surface area contributed by atoms with E-state index in [9.17, 15) is 0 Å². The third-order valence-corrected chi connectivity index (χ3v) is 13.6. The van der Waals surface area contributed by atoms with Gasteiger partial charge in [-0.3, -0.25) is 0 Å². The number of pyridine rings is 2. The Morgan fingerprint density at radius 3 is 1.31 bits per heavy atom. The first kappa shape index (κ1) is 34.7. The van der Waals surface area contributed by atoms with Gasteiger partial charge in [-0.25, -0.2) is 9.97 Å². The van der Waals surface area contributed by atoms with E-state index >= 15 is 0 Å². The summed E-state index contributed by atoms with van der Waals surface area (Å²) in [7, 11) is 1.72. The van der Waals surface area contributed by atoms with Crippen molar-refractivity contribution in [3.8, 4) is 61.9 Å². The van der Waals surface area contributed by atoms with Gasteiger partial charge in [0.1, 0.15) is 5.75 Å². The molecule has 0 unspecified atom stereocenters. The van der Waals surface area contributed by atoms with E-state index in [1.807, 2.05) is 0 Å². The maximum Gasteiger partial charge on any atom is 0.118 e. The number of aryl methyl sites for hydroxylation is 1. The highest BCUT2D eigenvalue weighted by atomic mass is 16.5. The van der Waals surface area contributed by atoms with Crippen molar-refractivity contribution in [1.29, 1.82) is 0 Å². The molecule has 3 heteroatoms. The van der Waals surface area contributed by atoms with Gasteiger partial charge >= 0.3 is 0 Å². The summed E-state index contributed by atoms with van der Waals surface area (Å²) in [4.78, 5) is 11.3. The molecule has 0 radical (unpaired) electrons. The minimum Gasteiger partial charge on any atom is -0.497 e. The van der Waals surface area contributed by atoms with Crippen LogP contribution in [0.5, 0.6) is 5.75 Å². The summed E-state index contributed by atoms with van der Waals surface area (Å²) >= 11 is 0. The normalized spacial score (nSPS) is 15.5. The lowest BCUT2D eigenvalue weighted by atomic mass is 9.68. The van der Waals surface area contributed by atoms with Gasteiger partial charge in [0.25, 0.3) is 0 Å². The summed E-state index contributed by atoms with van der Waals surface area (Å²) in [6.07, 6.45) is 0. The van der Waals surface area contributed by atoms with Crippen LogP contribution in [0.3, 0.4) is 0 Å². The second kappa shape index (κ2) is 12.2. The first-order valence-corrected chi connectivity index (χ1v) is 20.4. The Balaban J connectivity index is 1.14. The van der Waals surface area contributed by atoms with Crippen LogP contribution in [0.25, 0.3) is 56.2 Å². The van der Waals surface area contributed by atoms with Gasteiger partial charge in [0, 0.05) is 22.0 Å². The monoisotopic (exact) mass is 748 g/mol. The molecule has 8 aromatic rings. The molecule has 0 fully saturated rings. The van der Waals surface area contributed by atoms with Gasteiger partial charge in [-0.1, -0.05) is 155 Å². The lowest BCUT2D eigenvalue weighted by Gasteiger charge is -2.33. The third-order valence-electron chi connectivity index (χ3n) is 13.6. The Labute approximate surface area is 341 Å². The molecule has 0 spiro atoms. The van der Waals surface area contributed by atoms with Crippen LogP contribution in [0.2, 0.25) is 0 Å². The standard InChI is InChI=1S/C55H44N2O/c1-33-15-19-36(20-16-33)55(37-21-23-38(58-6)24-22-37)45-27-29-49(34-17-25-41-39-11-7-9-13-43(39)53(2,3)47(41)31-34)56-51(45)52-46(55)28-30-50(57-52)35-18-26-42-40-12-8-10-14-44(40)54(4,5)48(42)32-35/h7-32H,1-6H3. The summed E-state index contributed by atoms with van der Waals surface area (Å²) < 4.78 is 5.66. The highest BCUT2D eigenvalue weighted by molar-refractivity contribution is 5.88. The number of nitrogens with zero attached hydrogens (tertiary/aromatic N) is 2. The minimum absolute atomic E-state index is 0.109. The summed E-state index contributed by atoms with van der Waals surface area (Å²) in [5.74, 6) is 0.826. The molecule has 0 bridgehead atoms. The largest absolute Gasteiger partial charge is 0.497 e. The molecule has 2 heterocycles. The molecule has 0 saturated carbocycles. The molecular weight excluding hydrogens is 705 g/mol. The molecule has 58 heavy (non-hydrogen) atoms. The predicted octanol–water partition coefficient (Wildman–Crippen LogP) is 13.1. The first-order chi connectivity index (χ1) is 28.1. The summed E-state index contributed by atoms with van der Waals surface area (Å²) in [6, 6.07) is 58.0. The lowest BCUT2D eigenvalue weighted by molar-refractivity contribution is 0.414. The van der Waals surface area contributed by atoms with E-state index in [1.165, 1.54) is 55.6 Å². The molecule has 0 amide bonds. The Morgan fingerprint density at radius 2 is 0.845 bits per heavy atom. The molecule has 2 aromatic heterocycles. The Bertz CT molecular complexity index is 2830. The van der Waals surface area contributed by atoms with Crippen molar-refractivity contribution in [2.75, 3.05) is 7.11 Å². The van der Waals surface area contributed by atoms with Gasteiger partial charge in [0.05, 0.1) is 35.3 Å². The Hall–Kier alpha value is -6.58. The van der Waals surface area contributed by atoms with Gasteiger partial charge in [-0.05, 0) is 110 Å². The van der Waals surface area contributed by atoms with Crippen molar-refractivity contribution in [1.82, 2.24) is 9.97 Å². The van der Waals surface area contributed by atoms with Gasteiger partial charge in [0.2, 0.25) is 0 Å². The van der Waals surface area contributed by atoms with Crippen LogP contribution in [-0.4, -0.2) is 17.1 Å². The van der Waals surface area contributed by atoms with Gasteiger partial charge in [-0.2, -0.15) is 0 Å². The molecule has 0 N–H and O–H groups in total. The zero-order chi connectivity index (χ0) is 39.6. The molecule has 0 aliphatic heterocycles. The molecular formula is C55H44N2O. The molecule has 3 aliphatic rings. The topological polar surface area (TPSA) is 35.0 Å². The van der Waals surface area contributed by atoms with Gasteiger partial charge in [-0.15, -0.1) is 0 Å². The van der Waals surface area contributed by atoms with Crippen molar-refractivity contribution < 1.29 is 4.74 Å². The molecule has 11 rings (SSSR count). The van der Waals surface area contributed by atoms with Crippen molar-refractivity contribution >= 4 is 0 Å². The highest BCUT2D eigenvalue weighted by Gasteiger charge is 2.48. The number of rotatable bonds is 5. The number of ether oxygens (including phenoxy) is 1. The molecule has 0 saturated heterocycles. The van der Waals surface area contributed by atoms with Crippen molar-refractivity contribution in [2.24, 2.45) is 0 Å². The van der Waals surface area contributed by atoms with E-state index in [-0.39, 0.29) is 10.8 Å². The Kier molecular flexibility index (Phi) is 7.30. The van der Waals surface area contributed by atoms with Crippen molar-refractivity contribution in [2.45, 2.75) is 50.9 Å². The van der Waals surface area contributed by atoms with Gasteiger partial charge < -0.3 is 4.74 Å². The molecule has 280 valence electrons. The van der Waals surface area contributed by atoms with Crippen LogP contribution in [0.4, 0.5) is 0 Å². The first-order valence-electron chi connectivity index (χ1n) is 20.4. The average molecular weight is 749 g/mol. The van der Waals surface area contributed by atoms with Crippen LogP contribution in [0, 0.1) is 6.92 Å². The molecule has 3 aliphatic carbocycles.